The van der Waals surface area contributed by atoms with Crippen molar-refractivity contribution in [1.82, 2.24) is 5.32 Å². The van der Waals surface area contributed by atoms with Gasteiger partial charge in [-0.3, -0.25) is 9.59 Å². The molecule has 0 radical (unpaired) electrons. The van der Waals surface area contributed by atoms with E-state index in [2.05, 4.69) is 5.32 Å². The largest absolute Gasteiger partial charge is 0.497 e. The maximum atomic E-state index is 11.7. The Balaban J connectivity index is 2.34. The van der Waals surface area contributed by atoms with E-state index in [-0.39, 0.29) is 18.2 Å². The van der Waals surface area contributed by atoms with Crippen LogP contribution in [0.15, 0.2) is 24.3 Å². The number of ketones is 1. The minimum absolute atomic E-state index is 0.0373. The molecule has 4 heteroatoms. The lowest BCUT2D eigenvalue weighted by molar-refractivity contribution is -0.129. The summed E-state index contributed by atoms with van der Waals surface area (Å²) in [5.41, 5.74) is 0.659. The summed E-state index contributed by atoms with van der Waals surface area (Å²) in [5.74, 6) is 0.739. The zero-order valence-electron chi connectivity index (χ0n) is 12.7. The van der Waals surface area contributed by atoms with Crippen LogP contribution in [0.3, 0.4) is 0 Å². The molecule has 1 aromatic rings. The fourth-order valence-electron chi connectivity index (χ4n) is 1.58. The topological polar surface area (TPSA) is 55.4 Å². The SMILES string of the molecule is COc1ccc(CCC(=O)NCC(=O)C(C)(C)C)cc1. The van der Waals surface area contributed by atoms with Crippen LogP contribution in [0.25, 0.3) is 0 Å². The van der Waals surface area contributed by atoms with Gasteiger partial charge in [0.2, 0.25) is 5.91 Å². The number of aryl methyl sites for hydroxylation is 1. The van der Waals surface area contributed by atoms with Crippen LogP contribution in [-0.4, -0.2) is 25.3 Å². The third kappa shape index (κ3) is 5.43. The lowest BCUT2D eigenvalue weighted by atomic mass is 9.91. The maximum Gasteiger partial charge on any atom is 0.220 e. The Hall–Kier alpha value is -1.84. The summed E-state index contributed by atoms with van der Waals surface area (Å²) >= 11 is 0. The molecular formula is C16H23NO3. The quantitative estimate of drug-likeness (QED) is 0.868. The van der Waals surface area contributed by atoms with Crippen LogP contribution in [0.4, 0.5) is 0 Å². The van der Waals surface area contributed by atoms with E-state index in [4.69, 9.17) is 4.74 Å². The highest BCUT2D eigenvalue weighted by molar-refractivity contribution is 5.89. The number of nitrogens with one attached hydrogen (secondary N) is 1. The third-order valence-electron chi connectivity index (χ3n) is 3.08. The summed E-state index contributed by atoms with van der Waals surface area (Å²) in [6.07, 6.45) is 1.03. The molecule has 0 saturated carbocycles. The van der Waals surface area contributed by atoms with Gasteiger partial charge >= 0.3 is 0 Å². The summed E-state index contributed by atoms with van der Waals surface area (Å²) in [6.45, 7) is 5.64. The van der Waals surface area contributed by atoms with Crippen LogP contribution in [-0.2, 0) is 16.0 Å². The van der Waals surface area contributed by atoms with Crippen molar-refractivity contribution in [2.45, 2.75) is 33.6 Å². The molecule has 4 nitrogen and oxygen atoms in total. The van der Waals surface area contributed by atoms with Gasteiger partial charge in [0, 0.05) is 11.8 Å². The van der Waals surface area contributed by atoms with Gasteiger partial charge in [0.15, 0.2) is 5.78 Å². The van der Waals surface area contributed by atoms with Crippen molar-refractivity contribution in [3.8, 4) is 5.75 Å². The average molecular weight is 277 g/mol. The first kappa shape index (κ1) is 16.2. The van der Waals surface area contributed by atoms with E-state index in [9.17, 15) is 9.59 Å². The lowest BCUT2D eigenvalue weighted by Gasteiger charge is -2.16. The van der Waals surface area contributed by atoms with Crippen molar-refractivity contribution >= 4 is 11.7 Å². The number of carbonyl (C=O) groups is 2. The number of amides is 1. The molecule has 1 aromatic carbocycles. The number of benzene rings is 1. The number of Topliss-reactive ketones (excluding diaryl/α,β-unsaturated/α-hetero) is 1. The number of hydrogen-bond acceptors (Lipinski definition) is 3. The van der Waals surface area contributed by atoms with E-state index in [1.54, 1.807) is 7.11 Å². The molecule has 0 spiro atoms. The van der Waals surface area contributed by atoms with E-state index in [1.807, 2.05) is 45.0 Å². The van der Waals surface area contributed by atoms with Gasteiger partial charge in [0.05, 0.1) is 13.7 Å². The van der Waals surface area contributed by atoms with Crippen LogP contribution in [0.5, 0.6) is 5.75 Å². The second-order valence-corrected chi connectivity index (χ2v) is 5.80. The third-order valence-corrected chi connectivity index (χ3v) is 3.08. The first-order valence-corrected chi connectivity index (χ1v) is 6.76. The molecule has 0 atom stereocenters. The highest BCUT2D eigenvalue weighted by Gasteiger charge is 2.21. The number of ether oxygens (including phenoxy) is 1. The first-order valence-electron chi connectivity index (χ1n) is 6.76. The van der Waals surface area contributed by atoms with Crippen molar-refractivity contribution in [1.29, 1.82) is 0 Å². The molecule has 0 bridgehead atoms. The summed E-state index contributed by atoms with van der Waals surface area (Å²) < 4.78 is 5.07. The van der Waals surface area contributed by atoms with Crippen LogP contribution in [0.2, 0.25) is 0 Å². The molecule has 0 aliphatic carbocycles. The maximum absolute atomic E-state index is 11.7. The zero-order valence-corrected chi connectivity index (χ0v) is 12.7. The molecule has 0 aliphatic rings. The van der Waals surface area contributed by atoms with E-state index >= 15 is 0 Å². The minimum Gasteiger partial charge on any atom is -0.497 e. The standard InChI is InChI=1S/C16H23NO3/c1-16(2,3)14(18)11-17-15(19)10-7-12-5-8-13(20-4)9-6-12/h5-6,8-9H,7,10-11H2,1-4H3,(H,17,19). The van der Waals surface area contributed by atoms with Gasteiger partial charge in [-0.15, -0.1) is 0 Å². The van der Waals surface area contributed by atoms with Crippen LogP contribution < -0.4 is 10.1 Å². The number of carbonyl (C=O) groups excluding carboxylic acids is 2. The predicted molar refractivity (Wildman–Crippen MR) is 78.8 cm³/mol. The van der Waals surface area contributed by atoms with Gasteiger partial charge < -0.3 is 10.1 Å². The zero-order chi connectivity index (χ0) is 15.2. The molecule has 0 saturated heterocycles. The van der Waals surface area contributed by atoms with Crippen molar-refractivity contribution in [2.75, 3.05) is 13.7 Å². The Morgan fingerprint density at radius 1 is 1.15 bits per heavy atom. The Labute approximate surface area is 120 Å². The number of methoxy groups -OCH3 is 1. The lowest BCUT2D eigenvalue weighted by Crippen LogP contribution is -2.35. The van der Waals surface area contributed by atoms with Gasteiger partial charge in [0.25, 0.3) is 0 Å². The Bertz CT molecular complexity index is 458. The molecule has 1 N–H and O–H groups in total. The molecular weight excluding hydrogens is 254 g/mol. The monoisotopic (exact) mass is 277 g/mol. The minimum atomic E-state index is -0.413. The van der Waals surface area contributed by atoms with Crippen LogP contribution >= 0.6 is 0 Å². The molecule has 1 amide bonds. The number of rotatable bonds is 6. The summed E-state index contributed by atoms with van der Waals surface area (Å²) in [6, 6.07) is 7.62. The van der Waals surface area contributed by atoms with E-state index in [0.29, 0.717) is 12.8 Å². The van der Waals surface area contributed by atoms with Gasteiger partial charge in [-0.2, -0.15) is 0 Å². The molecule has 0 heterocycles. The summed E-state index contributed by atoms with van der Waals surface area (Å²) in [7, 11) is 1.62. The van der Waals surface area contributed by atoms with Crippen LogP contribution in [0.1, 0.15) is 32.8 Å². The Morgan fingerprint density at radius 3 is 2.25 bits per heavy atom. The van der Waals surface area contributed by atoms with Gasteiger partial charge in [-0.1, -0.05) is 32.9 Å². The highest BCUT2D eigenvalue weighted by Crippen LogP contribution is 2.14. The van der Waals surface area contributed by atoms with Gasteiger partial charge in [-0.05, 0) is 24.1 Å². The molecule has 1 rings (SSSR count). The Kier molecular flexibility index (Phi) is 5.74. The van der Waals surface area contributed by atoms with E-state index in [1.165, 1.54) is 0 Å². The Morgan fingerprint density at radius 2 is 1.75 bits per heavy atom. The first-order chi connectivity index (χ1) is 9.32. The smallest absolute Gasteiger partial charge is 0.220 e. The fourth-order valence-corrected chi connectivity index (χ4v) is 1.58. The predicted octanol–water partition coefficient (Wildman–Crippen LogP) is 2.36. The number of hydrogen-bond donors (Lipinski definition) is 1. The molecule has 20 heavy (non-hydrogen) atoms. The summed E-state index contributed by atoms with van der Waals surface area (Å²) in [5, 5.41) is 2.67. The van der Waals surface area contributed by atoms with Crippen molar-refractivity contribution < 1.29 is 14.3 Å². The molecule has 0 unspecified atom stereocenters. The van der Waals surface area contributed by atoms with Crippen molar-refractivity contribution in [3.63, 3.8) is 0 Å². The molecule has 0 aliphatic heterocycles. The van der Waals surface area contributed by atoms with Gasteiger partial charge in [0.1, 0.15) is 5.75 Å². The normalized spacial score (nSPS) is 11.0. The highest BCUT2D eigenvalue weighted by atomic mass is 16.5. The molecule has 0 fully saturated rings. The van der Waals surface area contributed by atoms with Crippen molar-refractivity contribution in [2.24, 2.45) is 5.41 Å². The van der Waals surface area contributed by atoms with Crippen LogP contribution in [0, 0.1) is 5.41 Å². The average Bonchev–Trinajstić information content (AvgIpc) is 2.41. The second kappa shape index (κ2) is 7.08. The van der Waals surface area contributed by atoms with E-state index in [0.717, 1.165) is 11.3 Å². The van der Waals surface area contributed by atoms with Gasteiger partial charge in [-0.25, -0.2) is 0 Å². The molecule has 110 valence electrons. The van der Waals surface area contributed by atoms with E-state index < -0.39 is 5.41 Å². The fraction of sp³-hybridized carbons (Fsp3) is 0.500. The summed E-state index contributed by atoms with van der Waals surface area (Å²) in [4.78, 5) is 23.4. The second-order valence-electron chi connectivity index (χ2n) is 5.80. The molecule has 0 aromatic heterocycles. The van der Waals surface area contributed by atoms with Crippen molar-refractivity contribution in [3.05, 3.63) is 29.8 Å².